The summed E-state index contributed by atoms with van der Waals surface area (Å²) in [6.07, 6.45) is 3.75. The number of rotatable bonds is 7. The molecule has 1 aromatic rings. The number of aliphatic hydroxyl groups excluding tert-OH is 1. The van der Waals surface area contributed by atoms with Gasteiger partial charge in [0.15, 0.2) is 0 Å². The van der Waals surface area contributed by atoms with Gasteiger partial charge >= 0.3 is 0 Å². The lowest BCUT2D eigenvalue weighted by Crippen LogP contribution is -2.30. The molecule has 1 heterocycles. The fourth-order valence-corrected chi connectivity index (χ4v) is 3.22. The molecule has 0 saturated heterocycles. The molecule has 1 unspecified atom stereocenters. The summed E-state index contributed by atoms with van der Waals surface area (Å²) >= 11 is 0. The number of hydrogen-bond acceptors (Lipinski definition) is 3. The highest BCUT2D eigenvalue weighted by atomic mass is 32.2. The Morgan fingerprint density at radius 1 is 1.40 bits per heavy atom. The molecule has 5 nitrogen and oxygen atoms in total. The number of nitrogens with one attached hydrogen (secondary N) is 1. The van der Waals surface area contributed by atoms with Crippen molar-refractivity contribution in [3.63, 3.8) is 0 Å². The van der Waals surface area contributed by atoms with Crippen LogP contribution in [0.1, 0.15) is 45.3 Å². The first kappa shape index (κ1) is 15.5. The van der Waals surface area contributed by atoms with Crippen molar-refractivity contribution in [2.45, 2.75) is 51.2 Å². The van der Waals surface area contributed by atoms with Gasteiger partial charge in [-0.15, -0.1) is 0 Å². The van der Waals surface area contributed by atoms with Crippen molar-refractivity contribution in [2.75, 3.05) is 6.54 Å². The van der Waals surface area contributed by atoms with E-state index in [2.05, 4.69) is 18.6 Å². The average molecular weight is 300 g/mol. The van der Waals surface area contributed by atoms with E-state index in [1.165, 1.54) is 0 Å². The van der Waals surface area contributed by atoms with Crippen LogP contribution in [0, 0.1) is 11.8 Å². The zero-order chi connectivity index (χ0) is 14.9. The first-order valence-electron chi connectivity index (χ1n) is 7.16. The summed E-state index contributed by atoms with van der Waals surface area (Å²) in [6, 6.07) is 1.93. The summed E-state index contributed by atoms with van der Waals surface area (Å²) in [5.41, 5.74) is 0.671. The van der Waals surface area contributed by atoms with Crippen molar-refractivity contribution in [2.24, 2.45) is 11.8 Å². The van der Waals surface area contributed by atoms with Gasteiger partial charge < -0.3 is 9.67 Å². The Kier molecular flexibility index (Phi) is 4.56. The standard InChI is InChI=1S/C14H24N2O3S/c1-10(2)11(3)7-15-20(18,19)14-6-13(9-17)16(8-14)12-4-5-12/h6,8,10-12,15,17H,4-5,7,9H2,1-3H3. The summed E-state index contributed by atoms with van der Waals surface area (Å²) in [6.45, 7) is 6.48. The van der Waals surface area contributed by atoms with Crippen molar-refractivity contribution in [3.05, 3.63) is 18.0 Å². The van der Waals surface area contributed by atoms with Crippen molar-refractivity contribution >= 4 is 10.0 Å². The van der Waals surface area contributed by atoms with Crippen LogP contribution in [0.2, 0.25) is 0 Å². The third kappa shape index (κ3) is 3.42. The van der Waals surface area contributed by atoms with Crippen LogP contribution in [0.25, 0.3) is 0 Å². The van der Waals surface area contributed by atoms with Gasteiger partial charge in [-0.05, 0) is 30.7 Å². The molecule has 1 atom stereocenters. The van der Waals surface area contributed by atoms with Crippen LogP contribution in [0.3, 0.4) is 0 Å². The predicted octanol–water partition coefficient (Wildman–Crippen LogP) is 1.89. The number of aromatic nitrogens is 1. The topological polar surface area (TPSA) is 71.3 Å². The number of aliphatic hydroxyl groups is 1. The lowest BCUT2D eigenvalue weighted by atomic mass is 9.99. The molecule has 0 bridgehead atoms. The minimum absolute atomic E-state index is 0.131. The molecule has 1 aromatic heterocycles. The van der Waals surface area contributed by atoms with Gasteiger partial charge in [0.05, 0.1) is 11.5 Å². The highest BCUT2D eigenvalue weighted by molar-refractivity contribution is 7.89. The molecule has 2 N–H and O–H groups in total. The molecule has 20 heavy (non-hydrogen) atoms. The minimum Gasteiger partial charge on any atom is -0.390 e. The highest BCUT2D eigenvalue weighted by Gasteiger charge is 2.28. The van der Waals surface area contributed by atoms with E-state index in [1.54, 1.807) is 12.3 Å². The quantitative estimate of drug-likeness (QED) is 0.807. The van der Waals surface area contributed by atoms with Gasteiger partial charge in [-0.25, -0.2) is 13.1 Å². The van der Waals surface area contributed by atoms with Crippen molar-refractivity contribution in [1.82, 2.24) is 9.29 Å². The Hall–Kier alpha value is -0.850. The Bertz CT molecular complexity index is 559. The molecular formula is C14H24N2O3S. The van der Waals surface area contributed by atoms with Crippen LogP contribution in [0.4, 0.5) is 0 Å². The maximum Gasteiger partial charge on any atom is 0.242 e. The summed E-state index contributed by atoms with van der Waals surface area (Å²) in [4.78, 5) is 0.254. The van der Waals surface area contributed by atoms with Gasteiger partial charge in [-0.1, -0.05) is 20.8 Å². The Morgan fingerprint density at radius 3 is 2.55 bits per heavy atom. The molecule has 0 amide bonds. The van der Waals surface area contributed by atoms with Gasteiger partial charge in [0.25, 0.3) is 0 Å². The second-order valence-electron chi connectivity index (χ2n) is 6.04. The average Bonchev–Trinajstić information content (AvgIpc) is 3.14. The minimum atomic E-state index is -3.49. The lowest BCUT2D eigenvalue weighted by molar-refractivity contribution is 0.270. The third-order valence-corrected chi connectivity index (χ3v) is 5.44. The molecular weight excluding hydrogens is 276 g/mol. The molecule has 1 fully saturated rings. The second kappa shape index (κ2) is 5.87. The summed E-state index contributed by atoms with van der Waals surface area (Å²) in [7, 11) is -3.49. The van der Waals surface area contributed by atoms with Gasteiger partial charge in [-0.3, -0.25) is 0 Å². The van der Waals surface area contributed by atoms with E-state index in [-0.39, 0.29) is 17.4 Å². The molecule has 0 radical (unpaired) electrons. The predicted molar refractivity (Wildman–Crippen MR) is 77.8 cm³/mol. The summed E-state index contributed by atoms with van der Waals surface area (Å²) < 4.78 is 29.1. The fourth-order valence-electron chi connectivity index (χ4n) is 2.02. The normalized spacial score (nSPS) is 17.6. The highest BCUT2D eigenvalue weighted by Crippen LogP contribution is 2.37. The van der Waals surface area contributed by atoms with E-state index in [1.807, 2.05) is 11.5 Å². The van der Waals surface area contributed by atoms with Gasteiger partial charge in [-0.2, -0.15) is 0 Å². The molecule has 6 heteroatoms. The smallest absolute Gasteiger partial charge is 0.242 e. The van der Waals surface area contributed by atoms with Crippen molar-refractivity contribution in [3.8, 4) is 0 Å². The molecule has 1 saturated carbocycles. The summed E-state index contributed by atoms with van der Waals surface area (Å²) in [5.74, 6) is 0.717. The maximum absolute atomic E-state index is 12.3. The van der Waals surface area contributed by atoms with Crippen LogP contribution in [0.5, 0.6) is 0 Å². The van der Waals surface area contributed by atoms with E-state index in [9.17, 15) is 13.5 Å². The Balaban J connectivity index is 2.13. The first-order chi connectivity index (χ1) is 9.35. The maximum atomic E-state index is 12.3. The van der Waals surface area contributed by atoms with Gasteiger partial charge in [0, 0.05) is 24.5 Å². The Labute approximate surface area is 121 Å². The third-order valence-electron chi connectivity index (χ3n) is 4.05. The molecule has 1 aliphatic carbocycles. The lowest BCUT2D eigenvalue weighted by Gasteiger charge is -2.15. The van der Waals surface area contributed by atoms with E-state index >= 15 is 0 Å². The summed E-state index contributed by atoms with van der Waals surface area (Å²) in [5, 5.41) is 9.33. The van der Waals surface area contributed by atoms with Crippen LogP contribution in [-0.2, 0) is 16.6 Å². The SMILES string of the molecule is CC(C)C(C)CNS(=O)(=O)c1cc(CO)n(C2CC2)c1. The zero-order valence-electron chi connectivity index (χ0n) is 12.3. The Morgan fingerprint density at radius 2 is 2.05 bits per heavy atom. The number of hydrogen-bond donors (Lipinski definition) is 2. The molecule has 0 spiro atoms. The van der Waals surface area contributed by atoms with Crippen LogP contribution in [-0.4, -0.2) is 24.6 Å². The van der Waals surface area contributed by atoms with Crippen molar-refractivity contribution in [1.29, 1.82) is 0 Å². The molecule has 2 rings (SSSR count). The molecule has 0 aliphatic heterocycles. The zero-order valence-corrected chi connectivity index (χ0v) is 13.2. The van der Waals surface area contributed by atoms with E-state index < -0.39 is 10.0 Å². The van der Waals surface area contributed by atoms with Gasteiger partial charge in [0.2, 0.25) is 10.0 Å². The number of nitrogens with zero attached hydrogens (tertiary/aromatic N) is 1. The number of sulfonamides is 1. The van der Waals surface area contributed by atoms with Crippen LogP contribution >= 0.6 is 0 Å². The molecule has 114 valence electrons. The van der Waals surface area contributed by atoms with E-state index in [4.69, 9.17) is 0 Å². The largest absolute Gasteiger partial charge is 0.390 e. The van der Waals surface area contributed by atoms with Gasteiger partial charge in [0.1, 0.15) is 0 Å². The van der Waals surface area contributed by atoms with Crippen LogP contribution in [0.15, 0.2) is 17.2 Å². The van der Waals surface area contributed by atoms with Crippen molar-refractivity contribution < 1.29 is 13.5 Å². The fraction of sp³-hybridized carbons (Fsp3) is 0.714. The molecule has 0 aromatic carbocycles. The van der Waals surface area contributed by atoms with E-state index in [0.29, 0.717) is 24.2 Å². The first-order valence-corrected chi connectivity index (χ1v) is 8.64. The van der Waals surface area contributed by atoms with E-state index in [0.717, 1.165) is 12.8 Å². The second-order valence-corrected chi connectivity index (χ2v) is 7.80. The van der Waals surface area contributed by atoms with Crippen LogP contribution < -0.4 is 4.72 Å². The molecule has 1 aliphatic rings. The monoisotopic (exact) mass is 300 g/mol.